The highest BCUT2D eigenvalue weighted by Crippen LogP contribution is 2.23. The van der Waals surface area contributed by atoms with Crippen LogP contribution < -0.4 is 0 Å². The Balaban J connectivity index is 1.79. The van der Waals surface area contributed by atoms with Gasteiger partial charge in [0, 0.05) is 18.3 Å². The number of fused-ring (bicyclic) bond motifs is 1. The number of ketones is 1. The number of nitrogens with zero attached hydrogens (tertiary/aromatic N) is 3. The lowest BCUT2D eigenvalue weighted by atomic mass is 10.1. The van der Waals surface area contributed by atoms with E-state index in [1.807, 2.05) is 47.9 Å². The quantitative estimate of drug-likeness (QED) is 0.532. The molecule has 3 aromatic rings. The van der Waals surface area contributed by atoms with Crippen LogP contribution in [0.4, 0.5) is 0 Å². The number of rotatable bonds is 5. The molecule has 22 heavy (non-hydrogen) atoms. The van der Waals surface area contributed by atoms with Gasteiger partial charge in [0.2, 0.25) is 0 Å². The van der Waals surface area contributed by atoms with Crippen LogP contribution >= 0.6 is 11.8 Å². The van der Waals surface area contributed by atoms with Crippen LogP contribution in [0.15, 0.2) is 47.8 Å². The summed E-state index contributed by atoms with van der Waals surface area (Å²) in [6, 6.07) is 11.5. The Labute approximate surface area is 133 Å². The fraction of sp³-hybridized carbons (Fsp3) is 0.235. The molecule has 3 rings (SSSR count). The second-order valence-electron chi connectivity index (χ2n) is 5.06. The number of carbonyl (C=O) groups excluding carboxylic acids is 1. The number of aromatic nitrogens is 3. The molecular formula is C17H17N3OS. The van der Waals surface area contributed by atoms with Crippen molar-refractivity contribution in [2.45, 2.75) is 25.5 Å². The molecule has 0 unspecified atom stereocenters. The maximum atomic E-state index is 12.3. The van der Waals surface area contributed by atoms with Gasteiger partial charge in [0.15, 0.2) is 16.6 Å². The number of hydrogen-bond donors (Lipinski definition) is 0. The maximum absolute atomic E-state index is 12.3. The lowest BCUT2D eigenvalue weighted by molar-refractivity contribution is 0.102. The summed E-state index contributed by atoms with van der Waals surface area (Å²) in [5.74, 6) is 0.500. The van der Waals surface area contributed by atoms with Gasteiger partial charge in [0.05, 0.1) is 5.75 Å². The number of pyridine rings is 1. The van der Waals surface area contributed by atoms with Crippen LogP contribution in [-0.2, 0) is 6.54 Å². The Kier molecular flexibility index (Phi) is 4.24. The molecule has 0 aliphatic rings. The molecule has 0 aliphatic heterocycles. The minimum Gasteiger partial charge on any atom is -0.304 e. The van der Waals surface area contributed by atoms with Gasteiger partial charge in [-0.25, -0.2) is 9.97 Å². The standard InChI is InChI=1S/C17H17N3OS/c1-3-20-16-14(5-4-10-18-16)19-17(20)22-11-15(21)13-8-6-12(2)7-9-13/h4-10H,3,11H2,1-2H3. The maximum Gasteiger partial charge on any atom is 0.173 e. The molecule has 0 N–H and O–H groups in total. The molecular weight excluding hydrogens is 294 g/mol. The van der Waals surface area contributed by atoms with Crippen LogP contribution in [0.5, 0.6) is 0 Å². The second kappa shape index (κ2) is 6.32. The zero-order valence-corrected chi connectivity index (χ0v) is 13.4. The van der Waals surface area contributed by atoms with Gasteiger partial charge in [0.25, 0.3) is 0 Å². The van der Waals surface area contributed by atoms with Crippen molar-refractivity contribution in [2.75, 3.05) is 5.75 Å². The predicted molar refractivity (Wildman–Crippen MR) is 89.4 cm³/mol. The summed E-state index contributed by atoms with van der Waals surface area (Å²) in [7, 11) is 0. The molecule has 0 aliphatic carbocycles. The van der Waals surface area contributed by atoms with Crippen LogP contribution in [-0.4, -0.2) is 26.1 Å². The first kappa shape index (κ1) is 14.8. The molecule has 0 atom stereocenters. The summed E-state index contributed by atoms with van der Waals surface area (Å²) in [6.07, 6.45) is 1.77. The second-order valence-corrected chi connectivity index (χ2v) is 6.01. The van der Waals surface area contributed by atoms with Gasteiger partial charge in [0.1, 0.15) is 5.52 Å². The summed E-state index contributed by atoms with van der Waals surface area (Å²) in [5.41, 5.74) is 3.64. The molecule has 0 bridgehead atoms. The molecule has 112 valence electrons. The molecule has 0 radical (unpaired) electrons. The van der Waals surface area contributed by atoms with Gasteiger partial charge in [-0.2, -0.15) is 0 Å². The van der Waals surface area contributed by atoms with Crippen molar-refractivity contribution >= 4 is 28.7 Å². The summed E-state index contributed by atoms with van der Waals surface area (Å²) >= 11 is 1.47. The number of thioether (sulfide) groups is 1. The molecule has 0 spiro atoms. The van der Waals surface area contributed by atoms with Gasteiger partial charge in [-0.3, -0.25) is 4.79 Å². The normalized spacial score (nSPS) is 11.0. The zero-order chi connectivity index (χ0) is 15.5. The molecule has 5 heteroatoms. The molecule has 2 heterocycles. The highest BCUT2D eigenvalue weighted by Gasteiger charge is 2.13. The highest BCUT2D eigenvalue weighted by molar-refractivity contribution is 7.99. The third kappa shape index (κ3) is 2.90. The van der Waals surface area contributed by atoms with E-state index in [1.54, 1.807) is 6.20 Å². The Morgan fingerprint density at radius 1 is 1.23 bits per heavy atom. The van der Waals surface area contributed by atoms with E-state index in [1.165, 1.54) is 11.8 Å². The topological polar surface area (TPSA) is 47.8 Å². The zero-order valence-electron chi connectivity index (χ0n) is 12.6. The van der Waals surface area contributed by atoms with Crippen molar-refractivity contribution in [1.29, 1.82) is 0 Å². The summed E-state index contributed by atoms with van der Waals surface area (Å²) < 4.78 is 2.04. The average molecular weight is 311 g/mol. The highest BCUT2D eigenvalue weighted by atomic mass is 32.2. The largest absolute Gasteiger partial charge is 0.304 e. The van der Waals surface area contributed by atoms with E-state index in [2.05, 4.69) is 16.9 Å². The van der Waals surface area contributed by atoms with Crippen molar-refractivity contribution in [2.24, 2.45) is 0 Å². The summed E-state index contributed by atoms with van der Waals surface area (Å²) in [6.45, 7) is 4.86. The lowest BCUT2D eigenvalue weighted by Crippen LogP contribution is -2.04. The number of aryl methyl sites for hydroxylation is 2. The Hall–Kier alpha value is -2.14. The third-order valence-corrected chi connectivity index (χ3v) is 4.47. The van der Waals surface area contributed by atoms with Gasteiger partial charge >= 0.3 is 0 Å². The smallest absolute Gasteiger partial charge is 0.173 e. The number of benzene rings is 1. The Morgan fingerprint density at radius 2 is 2.00 bits per heavy atom. The minimum atomic E-state index is 0.118. The van der Waals surface area contributed by atoms with Gasteiger partial charge < -0.3 is 4.57 Å². The van der Waals surface area contributed by atoms with E-state index in [4.69, 9.17) is 0 Å². The monoisotopic (exact) mass is 311 g/mol. The summed E-state index contributed by atoms with van der Waals surface area (Å²) in [5, 5.41) is 0.844. The van der Waals surface area contributed by atoms with Crippen LogP contribution in [0.2, 0.25) is 0 Å². The van der Waals surface area contributed by atoms with Crippen LogP contribution in [0, 0.1) is 6.92 Å². The van der Waals surface area contributed by atoms with Gasteiger partial charge in [-0.15, -0.1) is 0 Å². The molecule has 2 aromatic heterocycles. The van der Waals surface area contributed by atoms with E-state index in [0.717, 1.165) is 34.0 Å². The predicted octanol–water partition coefficient (Wildman–Crippen LogP) is 3.73. The Bertz CT molecular complexity index is 808. The van der Waals surface area contributed by atoms with Crippen molar-refractivity contribution < 1.29 is 4.79 Å². The first-order valence-corrected chi connectivity index (χ1v) is 8.21. The molecule has 4 nitrogen and oxygen atoms in total. The van der Waals surface area contributed by atoms with Crippen molar-refractivity contribution in [3.05, 3.63) is 53.7 Å². The number of imidazole rings is 1. The van der Waals surface area contributed by atoms with Gasteiger partial charge in [-0.05, 0) is 26.0 Å². The number of hydrogen-bond acceptors (Lipinski definition) is 4. The van der Waals surface area contributed by atoms with E-state index in [0.29, 0.717) is 5.75 Å². The van der Waals surface area contributed by atoms with E-state index < -0.39 is 0 Å². The summed E-state index contributed by atoms with van der Waals surface area (Å²) in [4.78, 5) is 21.2. The average Bonchev–Trinajstić information content (AvgIpc) is 2.90. The molecule has 0 fully saturated rings. The van der Waals surface area contributed by atoms with E-state index in [-0.39, 0.29) is 5.78 Å². The lowest BCUT2D eigenvalue weighted by Gasteiger charge is -2.05. The van der Waals surface area contributed by atoms with Crippen LogP contribution in [0.3, 0.4) is 0 Å². The van der Waals surface area contributed by atoms with E-state index in [9.17, 15) is 4.79 Å². The van der Waals surface area contributed by atoms with Crippen molar-refractivity contribution in [1.82, 2.24) is 14.5 Å². The van der Waals surface area contributed by atoms with Crippen LogP contribution in [0.25, 0.3) is 11.2 Å². The van der Waals surface area contributed by atoms with Crippen molar-refractivity contribution in [3.63, 3.8) is 0 Å². The first-order chi connectivity index (χ1) is 10.7. The van der Waals surface area contributed by atoms with Crippen LogP contribution in [0.1, 0.15) is 22.8 Å². The fourth-order valence-corrected chi connectivity index (χ4v) is 3.25. The first-order valence-electron chi connectivity index (χ1n) is 7.23. The third-order valence-electron chi connectivity index (χ3n) is 3.49. The van der Waals surface area contributed by atoms with Crippen molar-refractivity contribution in [3.8, 4) is 0 Å². The number of carbonyl (C=O) groups is 1. The van der Waals surface area contributed by atoms with Gasteiger partial charge in [-0.1, -0.05) is 41.6 Å². The molecule has 0 amide bonds. The minimum absolute atomic E-state index is 0.118. The molecule has 0 saturated heterocycles. The number of Topliss-reactive ketones (excluding diaryl/α,β-unsaturated/α-hetero) is 1. The SMILES string of the molecule is CCn1c(SCC(=O)c2ccc(C)cc2)nc2cccnc21. The fourth-order valence-electron chi connectivity index (χ4n) is 2.29. The Morgan fingerprint density at radius 3 is 2.73 bits per heavy atom. The molecule has 0 saturated carbocycles. The van der Waals surface area contributed by atoms with E-state index >= 15 is 0 Å². The molecule has 1 aromatic carbocycles.